The van der Waals surface area contributed by atoms with Crippen LogP contribution in [0.4, 0.5) is 5.69 Å². The van der Waals surface area contributed by atoms with E-state index in [1.807, 2.05) is 53.3 Å². The number of carbonyl (C=O) groups excluding carboxylic acids is 4. The highest BCUT2D eigenvalue weighted by molar-refractivity contribution is 9.10. The Kier molecular flexibility index (Phi) is 10.0. The van der Waals surface area contributed by atoms with Gasteiger partial charge in [-0.2, -0.15) is 5.10 Å². The van der Waals surface area contributed by atoms with Crippen LogP contribution in [0, 0.1) is 0 Å². The maximum absolute atomic E-state index is 13.5. The number of piperidine rings is 1. The van der Waals surface area contributed by atoms with Crippen molar-refractivity contribution < 1.29 is 28.7 Å². The summed E-state index contributed by atoms with van der Waals surface area (Å²) in [5.74, 6) is -1.20. The SMILES string of the molecule is O=C1CCC(N2C(=O)c3cccc(N4CCN(CCCOCCOc5ccc(-n6cc(Br)c(-c7ccncc7)n6)cc5)CC4)c3C2=O)C(=O)N1. The molecule has 1 N–H and O–H groups in total. The number of carbonyl (C=O) groups is 4. The van der Waals surface area contributed by atoms with E-state index >= 15 is 0 Å². The maximum atomic E-state index is 13.5. The zero-order chi connectivity index (χ0) is 34.6. The second-order valence-corrected chi connectivity index (χ2v) is 13.1. The fourth-order valence-electron chi connectivity index (χ4n) is 6.57. The average Bonchev–Trinajstić information content (AvgIpc) is 3.65. The van der Waals surface area contributed by atoms with Crippen molar-refractivity contribution in [3.63, 3.8) is 0 Å². The second-order valence-electron chi connectivity index (χ2n) is 12.3. The summed E-state index contributed by atoms with van der Waals surface area (Å²) in [4.78, 5) is 60.3. The largest absolute Gasteiger partial charge is 0.491 e. The highest BCUT2D eigenvalue weighted by Gasteiger charge is 2.46. The lowest BCUT2D eigenvalue weighted by molar-refractivity contribution is -0.136. The minimum atomic E-state index is -0.977. The summed E-state index contributed by atoms with van der Waals surface area (Å²) in [7, 11) is 0. The summed E-state index contributed by atoms with van der Waals surface area (Å²) in [6, 6.07) is 15.9. The molecule has 1 atom stereocenters. The number of aromatic nitrogens is 3. The predicted octanol–water partition coefficient (Wildman–Crippen LogP) is 3.71. The van der Waals surface area contributed by atoms with Crippen LogP contribution >= 0.6 is 15.9 Å². The molecule has 2 aromatic carbocycles. The van der Waals surface area contributed by atoms with Gasteiger partial charge in [-0.3, -0.25) is 39.3 Å². The number of amides is 4. The number of hydrogen-bond donors (Lipinski definition) is 1. The first-order valence-electron chi connectivity index (χ1n) is 16.7. The van der Waals surface area contributed by atoms with Gasteiger partial charge in [0, 0.05) is 69.9 Å². The molecule has 0 radical (unpaired) electrons. The number of piperazine rings is 1. The summed E-state index contributed by atoms with van der Waals surface area (Å²) in [6.45, 7) is 5.46. The van der Waals surface area contributed by atoms with Gasteiger partial charge >= 0.3 is 0 Å². The Morgan fingerprint density at radius 2 is 1.66 bits per heavy atom. The Morgan fingerprint density at radius 1 is 0.880 bits per heavy atom. The fourth-order valence-corrected chi connectivity index (χ4v) is 7.07. The molecule has 3 aliphatic heterocycles. The molecule has 14 heteroatoms. The van der Waals surface area contributed by atoms with Crippen LogP contribution in [-0.2, 0) is 14.3 Å². The molecule has 4 amide bonds. The third-order valence-corrected chi connectivity index (χ3v) is 9.72. The van der Waals surface area contributed by atoms with Crippen LogP contribution in [0.3, 0.4) is 0 Å². The summed E-state index contributed by atoms with van der Waals surface area (Å²) >= 11 is 3.60. The van der Waals surface area contributed by atoms with E-state index in [1.54, 1.807) is 24.5 Å². The molecule has 4 aromatic rings. The molecule has 0 spiro atoms. The molecule has 3 aliphatic rings. The Balaban J connectivity index is 0.818. The molecule has 258 valence electrons. The molecule has 7 rings (SSSR count). The van der Waals surface area contributed by atoms with Crippen LogP contribution in [0.25, 0.3) is 16.9 Å². The molecule has 0 aliphatic carbocycles. The number of ether oxygens (including phenoxy) is 2. The number of benzene rings is 2. The van der Waals surface area contributed by atoms with Gasteiger partial charge in [0.2, 0.25) is 11.8 Å². The molecule has 0 saturated carbocycles. The maximum Gasteiger partial charge on any atom is 0.264 e. The first-order valence-corrected chi connectivity index (χ1v) is 17.4. The number of nitrogens with zero attached hydrogens (tertiary/aromatic N) is 6. The van der Waals surface area contributed by atoms with Gasteiger partial charge in [-0.05, 0) is 77.3 Å². The molecule has 2 fully saturated rings. The van der Waals surface area contributed by atoms with E-state index in [9.17, 15) is 19.2 Å². The highest BCUT2D eigenvalue weighted by atomic mass is 79.9. The zero-order valence-corrected chi connectivity index (χ0v) is 28.9. The number of fused-ring (bicyclic) bond motifs is 1. The van der Waals surface area contributed by atoms with Gasteiger partial charge in [-0.1, -0.05) is 6.07 Å². The van der Waals surface area contributed by atoms with E-state index in [0.717, 1.165) is 58.1 Å². The Labute approximate surface area is 297 Å². The predicted molar refractivity (Wildman–Crippen MR) is 187 cm³/mol. The van der Waals surface area contributed by atoms with Crippen LogP contribution in [0.15, 0.2) is 77.7 Å². The monoisotopic (exact) mass is 741 g/mol. The van der Waals surface area contributed by atoms with Gasteiger partial charge in [0.25, 0.3) is 11.8 Å². The van der Waals surface area contributed by atoms with E-state index in [-0.39, 0.29) is 12.8 Å². The normalized spacial score (nSPS) is 18.1. The molecule has 50 heavy (non-hydrogen) atoms. The number of pyridine rings is 1. The lowest BCUT2D eigenvalue weighted by Gasteiger charge is -2.36. The molecule has 2 saturated heterocycles. The van der Waals surface area contributed by atoms with Crippen molar-refractivity contribution in [1.29, 1.82) is 0 Å². The molecule has 1 unspecified atom stereocenters. The van der Waals surface area contributed by atoms with Gasteiger partial charge in [-0.25, -0.2) is 4.68 Å². The van der Waals surface area contributed by atoms with E-state index in [2.05, 4.69) is 36.0 Å². The third kappa shape index (κ3) is 7.04. The standard InChI is InChI=1S/C36H36BrN7O6/c37-28-23-43(40-33(28)24-11-13-38-14-12-24)25-5-7-26(8-6-25)50-22-21-49-20-2-15-41-16-18-42(19-17-41)29-4-1-3-27-32(29)36(48)44(35(27)47)30-9-10-31(45)39-34(30)46/h1,3-8,11-14,23,30H,2,9-10,15-22H2,(H,39,45,46). The summed E-state index contributed by atoms with van der Waals surface area (Å²) in [6.07, 6.45) is 6.53. The minimum absolute atomic E-state index is 0.0915. The molecular formula is C36H36BrN7O6. The molecule has 2 aromatic heterocycles. The average molecular weight is 743 g/mol. The van der Waals surface area contributed by atoms with Crippen molar-refractivity contribution in [2.45, 2.75) is 25.3 Å². The number of imide groups is 2. The summed E-state index contributed by atoms with van der Waals surface area (Å²) < 4.78 is 14.4. The van der Waals surface area contributed by atoms with Crippen LogP contribution in [0.2, 0.25) is 0 Å². The van der Waals surface area contributed by atoms with Crippen molar-refractivity contribution in [2.24, 2.45) is 0 Å². The molecule has 5 heterocycles. The minimum Gasteiger partial charge on any atom is -0.491 e. The first-order chi connectivity index (χ1) is 24.4. The number of nitrogens with one attached hydrogen (secondary N) is 1. The number of rotatable bonds is 12. The van der Waals surface area contributed by atoms with Crippen LogP contribution in [0.5, 0.6) is 5.75 Å². The number of hydrogen-bond acceptors (Lipinski definition) is 10. The Bertz CT molecular complexity index is 1890. The number of anilines is 1. The van der Waals surface area contributed by atoms with Crippen molar-refractivity contribution in [2.75, 3.05) is 57.4 Å². The van der Waals surface area contributed by atoms with Crippen molar-refractivity contribution in [1.82, 2.24) is 29.9 Å². The van der Waals surface area contributed by atoms with Crippen molar-refractivity contribution in [3.8, 4) is 22.7 Å². The topological polar surface area (TPSA) is 139 Å². The van der Waals surface area contributed by atoms with E-state index in [1.165, 1.54) is 0 Å². The van der Waals surface area contributed by atoms with Gasteiger partial charge in [0.05, 0.1) is 33.6 Å². The smallest absolute Gasteiger partial charge is 0.264 e. The summed E-state index contributed by atoms with van der Waals surface area (Å²) in [5, 5.41) is 6.95. The lowest BCUT2D eigenvalue weighted by Crippen LogP contribution is -2.54. The van der Waals surface area contributed by atoms with Crippen LogP contribution in [0.1, 0.15) is 40.0 Å². The van der Waals surface area contributed by atoms with Crippen LogP contribution in [-0.4, -0.2) is 107 Å². The third-order valence-electron chi connectivity index (χ3n) is 9.14. The number of halogens is 1. The van der Waals surface area contributed by atoms with Crippen LogP contribution < -0.4 is 15.0 Å². The Hall–Kier alpha value is -4.92. The quantitative estimate of drug-likeness (QED) is 0.169. The van der Waals surface area contributed by atoms with E-state index in [0.29, 0.717) is 49.7 Å². The highest BCUT2D eigenvalue weighted by Crippen LogP contribution is 2.35. The van der Waals surface area contributed by atoms with E-state index < -0.39 is 29.7 Å². The molecular weight excluding hydrogens is 706 g/mol. The lowest BCUT2D eigenvalue weighted by atomic mass is 10.0. The molecule has 13 nitrogen and oxygen atoms in total. The van der Waals surface area contributed by atoms with Gasteiger partial charge < -0.3 is 14.4 Å². The van der Waals surface area contributed by atoms with E-state index in [4.69, 9.17) is 14.6 Å². The van der Waals surface area contributed by atoms with Crippen molar-refractivity contribution >= 4 is 45.2 Å². The Morgan fingerprint density at radius 3 is 2.42 bits per heavy atom. The van der Waals surface area contributed by atoms with Gasteiger partial charge in [0.1, 0.15) is 24.1 Å². The molecule has 0 bridgehead atoms. The second kappa shape index (κ2) is 14.9. The fraction of sp³-hybridized carbons (Fsp3) is 0.333. The first kappa shape index (κ1) is 33.6. The van der Waals surface area contributed by atoms with Gasteiger partial charge in [0.15, 0.2) is 0 Å². The van der Waals surface area contributed by atoms with Crippen molar-refractivity contribution in [3.05, 3.63) is 88.8 Å². The zero-order valence-electron chi connectivity index (χ0n) is 27.3. The van der Waals surface area contributed by atoms with Gasteiger partial charge in [-0.15, -0.1) is 0 Å². The summed E-state index contributed by atoms with van der Waals surface area (Å²) in [5.41, 5.74) is 4.10.